The van der Waals surface area contributed by atoms with Gasteiger partial charge in [-0.2, -0.15) is 0 Å². The quantitative estimate of drug-likeness (QED) is 0.840. The van der Waals surface area contributed by atoms with E-state index in [1.54, 1.807) is 11.3 Å². The molecule has 1 unspecified atom stereocenters. The van der Waals surface area contributed by atoms with Gasteiger partial charge in [-0.1, -0.05) is 20.8 Å². The summed E-state index contributed by atoms with van der Waals surface area (Å²) in [5, 5.41) is 3.05. The third-order valence-corrected chi connectivity index (χ3v) is 3.52. The van der Waals surface area contributed by atoms with Crippen LogP contribution in [0.3, 0.4) is 0 Å². The number of hydrogen-bond donors (Lipinski definition) is 2. The highest BCUT2D eigenvalue weighted by molar-refractivity contribution is 7.10. The zero-order valence-electron chi connectivity index (χ0n) is 9.82. The highest BCUT2D eigenvalue weighted by Crippen LogP contribution is 2.33. The molecule has 2 aromatic heterocycles. The summed E-state index contributed by atoms with van der Waals surface area (Å²) in [6.45, 7) is 6.40. The lowest BCUT2D eigenvalue weighted by Gasteiger charge is -2.24. The number of aromatic nitrogens is 2. The largest absolute Gasteiger partial charge is 0.360 e. The number of hydrogen-bond acceptors (Lipinski definition) is 3. The molecular weight excluding hydrogens is 218 g/mol. The highest BCUT2D eigenvalue weighted by Gasteiger charge is 2.25. The van der Waals surface area contributed by atoms with Crippen molar-refractivity contribution < 1.29 is 0 Å². The number of nitrogens with zero attached hydrogens (tertiary/aromatic N) is 1. The first kappa shape index (κ1) is 11.4. The van der Waals surface area contributed by atoms with E-state index in [-0.39, 0.29) is 11.5 Å². The van der Waals surface area contributed by atoms with Gasteiger partial charge in [0.1, 0.15) is 5.01 Å². The Morgan fingerprint density at radius 1 is 1.44 bits per heavy atom. The number of nitrogens with one attached hydrogen (secondary N) is 1. The lowest BCUT2D eigenvalue weighted by Crippen LogP contribution is -2.26. The van der Waals surface area contributed by atoms with Gasteiger partial charge in [0, 0.05) is 11.6 Å². The second kappa shape index (κ2) is 4.03. The summed E-state index contributed by atoms with van der Waals surface area (Å²) in [7, 11) is 0. The van der Waals surface area contributed by atoms with Gasteiger partial charge >= 0.3 is 0 Å². The van der Waals surface area contributed by atoms with E-state index >= 15 is 0 Å². The third-order valence-electron chi connectivity index (χ3n) is 2.59. The minimum atomic E-state index is -0.0128. The molecule has 4 heteroatoms. The Kier molecular flexibility index (Phi) is 2.86. The molecule has 3 nitrogen and oxygen atoms in total. The predicted molar refractivity (Wildman–Crippen MR) is 68.3 cm³/mol. The number of nitrogens with two attached hydrogens (primary N) is 1. The summed E-state index contributed by atoms with van der Waals surface area (Å²) in [5.41, 5.74) is 8.24. The molecule has 0 aliphatic carbocycles. The van der Waals surface area contributed by atoms with Crippen LogP contribution in [0, 0.1) is 5.41 Å². The minimum Gasteiger partial charge on any atom is -0.360 e. The van der Waals surface area contributed by atoms with Crippen molar-refractivity contribution in [2.75, 3.05) is 0 Å². The van der Waals surface area contributed by atoms with Crippen molar-refractivity contribution in [2.45, 2.75) is 26.8 Å². The van der Waals surface area contributed by atoms with Crippen LogP contribution in [0.1, 0.15) is 31.8 Å². The average molecular weight is 235 g/mol. The van der Waals surface area contributed by atoms with Crippen LogP contribution in [0.25, 0.3) is 11.4 Å². The Morgan fingerprint density at radius 3 is 2.75 bits per heavy atom. The van der Waals surface area contributed by atoms with Gasteiger partial charge in [0.2, 0.25) is 0 Å². The summed E-state index contributed by atoms with van der Waals surface area (Å²) < 4.78 is 0. The molecular formula is C12H17N3S. The van der Waals surface area contributed by atoms with Crippen LogP contribution >= 0.6 is 11.3 Å². The van der Waals surface area contributed by atoms with Gasteiger partial charge in [-0.15, -0.1) is 11.3 Å². The van der Waals surface area contributed by atoms with Gasteiger partial charge in [-0.3, -0.25) is 0 Å². The van der Waals surface area contributed by atoms with Crippen LogP contribution in [-0.2, 0) is 0 Å². The Bertz CT molecular complexity index is 451. The summed E-state index contributed by atoms with van der Waals surface area (Å²) in [6.07, 6.45) is 1.90. The monoisotopic (exact) mass is 235 g/mol. The molecule has 2 rings (SSSR count). The Labute approximate surface area is 99.7 Å². The van der Waals surface area contributed by atoms with E-state index in [1.807, 2.05) is 23.7 Å². The van der Waals surface area contributed by atoms with Gasteiger partial charge in [-0.05, 0) is 17.5 Å². The van der Waals surface area contributed by atoms with Gasteiger partial charge in [0.05, 0.1) is 17.4 Å². The molecule has 0 radical (unpaired) electrons. The van der Waals surface area contributed by atoms with Crippen molar-refractivity contribution in [3.8, 4) is 11.4 Å². The molecule has 0 amide bonds. The van der Waals surface area contributed by atoms with E-state index in [1.165, 1.54) is 0 Å². The standard InChI is InChI=1S/C12H17N3S/c1-12(2,3)10(13)11-15-9(7-16-11)8-5-4-6-14-8/h4-7,10,14H,13H2,1-3H3. The van der Waals surface area contributed by atoms with Gasteiger partial charge in [0.15, 0.2) is 0 Å². The summed E-state index contributed by atoms with van der Waals surface area (Å²) in [4.78, 5) is 7.73. The lowest BCUT2D eigenvalue weighted by molar-refractivity contribution is 0.326. The van der Waals surface area contributed by atoms with Crippen LogP contribution < -0.4 is 5.73 Å². The fourth-order valence-electron chi connectivity index (χ4n) is 1.41. The van der Waals surface area contributed by atoms with Crippen LogP contribution in [0.4, 0.5) is 0 Å². The minimum absolute atomic E-state index is 0.0128. The van der Waals surface area contributed by atoms with Crippen molar-refractivity contribution in [1.29, 1.82) is 0 Å². The SMILES string of the molecule is CC(C)(C)C(N)c1nc(-c2ccc[nH]2)cs1. The van der Waals surface area contributed by atoms with E-state index < -0.39 is 0 Å². The maximum absolute atomic E-state index is 6.18. The van der Waals surface area contributed by atoms with Crippen molar-refractivity contribution in [3.05, 3.63) is 28.7 Å². The third kappa shape index (κ3) is 2.18. The Balaban J connectivity index is 2.27. The van der Waals surface area contributed by atoms with Crippen molar-refractivity contribution >= 4 is 11.3 Å². The maximum atomic E-state index is 6.18. The number of rotatable bonds is 2. The molecule has 0 fully saturated rings. The smallest absolute Gasteiger partial charge is 0.111 e. The van der Waals surface area contributed by atoms with Crippen LogP contribution in [0.2, 0.25) is 0 Å². The van der Waals surface area contributed by atoms with E-state index in [0.717, 1.165) is 16.4 Å². The van der Waals surface area contributed by atoms with Crippen molar-refractivity contribution in [3.63, 3.8) is 0 Å². The molecule has 0 aliphatic rings. The fourth-order valence-corrected chi connectivity index (χ4v) is 2.48. The first-order chi connectivity index (χ1) is 7.48. The molecule has 86 valence electrons. The molecule has 3 N–H and O–H groups in total. The second-order valence-corrected chi connectivity index (χ2v) is 5.89. The molecule has 0 aliphatic heterocycles. The van der Waals surface area contributed by atoms with E-state index in [9.17, 15) is 0 Å². The van der Waals surface area contributed by atoms with Crippen molar-refractivity contribution in [1.82, 2.24) is 9.97 Å². The molecule has 0 spiro atoms. The van der Waals surface area contributed by atoms with Crippen LogP contribution in [-0.4, -0.2) is 9.97 Å². The normalized spacial score (nSPS) is 14.0. The predicted octanol–water partition coefficient (Wildman–Crippen LogP) is 3.18. The van der Waals surface area contributed by atoms with E-state index in [4.69, 9.17) is 5.73 Å². The fraction of sp³-hybridized carbons (Fsp3) is 0.417. The van der Waals surface area contributed by atoms with E-state index in [2.05, 4.69) is 30.7 Å². The highest BCUT2D eigenvalue weighted by atomic mass is 32.1. The first-order valence-corrected chi connectivity index (χ1v) is 6.21. The maximum Gasteiger partial charge on any atom is 0.111 e. The van der Waals surface area contributed by atoms with Crippen LogP contribution in [0.5, 0.6) is 0 Å². The number of aromatic amines is 1. The molecule has 0 aromatic carbocycles. The van der Waals surface area contributed by atoms with E-state index in [0.29, 0.717) is 0 Å². The molecule has 2 heterocycles. The van der Waals surface area contributed by atoms with Crippen molar-refractivity contribution in [2.24, 2.45) is 11.1 Å². The number of H-pyrrole nitrogens is 1. The Hall–Kier alpha value is -1.13. The van der Waals surface area contributed by atoms with Crippen LogP contribution in [0.15, 0.2) is 23.7 Å². The average Bonchev–Trinajstić information content (AvgIpc) is 2.85. The molecule has 0 saturated carbocycles. The molecule has 1 atom stereocenters. The Morgan fingerprint density at radius 2 is 2.19 bits per heavy atom. The summed E-state index contributed by atoms with van der Waals surface area (Å²) in [6, 6.07) is 3.97. The summed E-state index contributed by atoms with van der Waals surface area (Å²) >= 11 is 1.63. The molecule has 0 bridgehead atoms. The van der Waals surface area contributed by atoms with Gasteiger partial charge in [-0.25, -0.2) is 4.98 Å². The number of thiazole rings is 1. The zero-order chi connectivity index (χ0) is 11.8. The summed E-state index contributed by atoms with van der Waals surface area (Å²) in [5.74, 6) is 0. The van der Waals surface area contributed by atoms with Gasteiger partial charge < -0.3 is 10.7 Å². The molecule has 2 aromatic rings. The molecule has 16 heavy (non-hydrogen) atoms. The topological polar surface area (TPSA) is 54.7 Å². The zero-order valence-corrected chi connectivity index (χ0v) is 10.6. The molecule has 0 saturated heterocycles. The first-order valence-electron chi connectivity index (χ1n) is 5.33. The lowest BCUT2D eigenvalue weighted by atomic mass is 9.88. The second-order valence-electron chi connectivity index (χ2n) is 5.00. The van der Waals surface area contributed by atoms with Gasteiger partial charge in [0.25, 0.3) is 0 Å².